The minimum Gasteiger partial charge on any atom is -0.507 e. The summed E-state index contributed by atoms with van der Waals surface area (Å²) in [7, 11) is 4.05. The van der Waals surface area contributed by atoms with Gasteiger partial charge in [-0.25, -0.2) is 0 Å². The van der Waals surface area contributed by atoms with E-state index in [1.807, 2.05) is 65.2 Å². The van der Waals surface area contributed by atoms with Gasteiger partial charge in [-0.2, -0.15) is 0 Å². The van der Waals surface area contributed by atoms with Crippen molar-refractivity contribution in [3.8, 4) is 11.5 Å². The second-order valence-electron chi connectivity index (χ2n) is 11.8. The lowest BCUT2D eigenvalue weighted by Crippen LogP contribution is -2.32. The Hall–Kier alpha value is -4.12. The van der Waals surface area contributed by atoms with Gasteiger partial charge in [0.05, 0.1) is 0 Å². The van der Waals surface area contributed by atoms with Crippen molar-refractivity contribution in [3.63, 3.8) is 0 Å². The zero-order chi connectivity index (χ0) is 32.7. The van der Waals surface area contributed by atoms with E-state index in [2.05, 4.69) is 62.4 Å². The Labute approximate surface area is 260 Å². The summed E-state index contributed by atoms with van der Waals surface area (Å²) in [5.41, 5.74) is 5.26. The van der Waals surface area contributed by atoms with E-state index < -0.39 is 10.8 Å². The molecular formula is C39H50N2O2. The molecule has 4 heteroatoms. The highest BCUT2D eigenvalue weighted by Crippen LogP contribution is 2.46. The van der Waals surface area contributed by atoms with E-state index in [-0.39, 0.29) is 11.5 Å². The van der Waals surface area contributed by atoms with E-state index in [4.69, 9.17) is 0 Å². The number of phenols is 2. The maximum Gasteiger partial charge on any atom is 0.124 e. The molecule has 0 aliphatic rings. The van der Waals surface area contributed by atoms with Crippen molar-refractivity contribution in [1.82, 2.24) is 9.80 Å². The van der Waals surface area contributed by atoms with Gasteiger partial charge in [-0.3, -0.25) is 4.90 Å². The number of benzene rings is 2. The van der Waals surface area contributed by atoms with E-state index in [0.29, 0.717) is 30.8 Å². The summed E-state index contributed by atoms with van der Waals surface area (Å²) in [6.45, 7) is 40.9. The van der Waals surface area contributed by atoms with Gasteiger partial charge in [0.15, 0.2) is 0 Å². The summed E-state index contributed by atoms with van der Waals surface area (Å²) in [4.78, 5) is 4.34. The molecule has 2 aromatic carbocycles. The van der Waals surface area contributed by atoms with Crippen molar-refractivity contribution in [1.29, 1.82) is 0 Å². The van der Waals surface area contributed by atoms with Gasteiger partial charge in [0.2, 0.25) is 0 Å². The first-order chi connectivity index (χ1) is 20.1. The van der Waals surface area contributed by atoms with Gasteiger partial charge in [0.25, 0.3) is 0 Å². The average Bonchev–Trinajstić information content (AvgIpc) is 2.99. The lowest BCUT2D eigenvalue weighted by atomic mass is 9.70. The molecule has 0 amide bonds. The van der Waals surface area contributed by atoms with E-state index >= 15 is 0 Å². The molecule has 0 radical (unpaired) electrons. The minimum absolute atomic E-state index is 0.178. The summed E-state index contributed by atoms with van der Waals surface area (Å²) in [5.74, 6) is 0.362. The van der Waals surface area contributed by atoms with Crippen LogP contribution in [0.3, 0.4) is 0 Å². The van der Waals surface area contributed by atoms with Crippen LogP contribution in [0.2, 0.25) is 0 Å². The van der Waals surface area contributed by atoms with Crippen molar-refractivity contribution in [3.05, 3.63) is 157 Å². The molecule has 0 unspecified atom stereocenters. The summed E-state index contributed by atoms with van der Waals surface area (Å²) in [6.07, 6.45) is 6.78. The van der Waals surface area contributed by atoms with Crippen LogP contribution in [0.5, 0.6) is 11.5 Å². The van der Waals surface area contributed by atoms with Crippen LogP contribution in [0.15, 0.2) is 130 Å². The zero-order valence-corrected chi connectivity index (χ0v) is 27.0. The molecule has 2 rings (SSSR count). The minimum atomic E-state index is -0.777. The van der Waals surface area contributed by atoms with Crippen molar-refractivity contribution in [2.75, 3.05) is 27.2 Å². The number of rotatable bonds is 17. The first-order valence-corrected chi connectivity index (χ1v) is 14.4. The van der Waals surface area contributed by atoms with Crippen molar-refractivity contribution < 1.29 is 10.2 Å². The number of aryl methyl sites for hydroxylation is 1. The molecule has 0 saturated carbocycles. The highest BCUT2D eigenvalue weighted by atomic mass is 16.3. The van der Waals surface area contributed by atoms with Gasteiger partial charge in [-0.1, -0.05) is 113 Å². The van der Waals surface area contributed by atoms with Crippen molar-refractivity contribution in [2.24, 2.45) is 0 Å². The molecule has 0 aromatic heterocycles. The number of likely N-dealkylation sites (N-methyl/N-ethyl adjacent to an activating group) is 1. The van der Waals surface area contributed by atoms with Gasteiger partial charge in [0, 0.05) is 59.3 Å². The van der Waals surface area contributed by atoms with Crippen LogP contribution in [-0.4, -0.2) is 47.2 Å². The van der Waals surface area contributed by atoms with Crippen LogP contribution in [-0.2, 0) is 23.9 Å². The summed E-state index contributed by atoms with van der Waals surface area (Å²) in [5, 5.41) is 23.4. The molecule has 0 saturated heterocycles. The number of allylic oxidation sites excluding steroid dienone is 8. The molecule has 0 bridgehead atoms. The number of hydrogen-bond acceptors (Lipinski definition) is 4. The molecule has 0 fully saturated rings. The van der Waals surface area contributed by atoms with Crippen molar-refractivity contribution in [2.45, 2.75) is 44.7 Å². The quantitative estimate of drug-likeness (QED) is 0.185. The zero-order valence-electron chi connectivity index (χ0n) is 27.0. The molecule has 0 atom stereocenters. The fourth-order valence-corrected chi connectivity index (χ4v) is 5.44. The number of hydrogen-bond donors (Lipinski definition) is 2. The molecule has 4 nitrogen and oxygen atoms in total. The summed E-state index contributed by atoms with van der Waals surface area (Å²) >= 11 is 0. The normalized spacial score (nSPS) is 11.7. The van der Waals surface area contributed by atoms with Crippen LogP contribution in [0, 0.1) is 6.92 Å². The van der Waals surface area contributed by atoms with E-state index in [9.17, 15) is 10.2 Å². The lowest BCUT2D eigenvalue weighted by molar-refractivity contribution is 0.221. The Morgan fingerprint density at radius 3 is 1.60 bits per heavy atom. The monoisotopic (exact) mass is 578 g/mol. The molecule has 0 spiro atoms. The Kier molecular flexibility index (Phi) is 11.7. The Morgan fingerprint density at radius 2 is 1.14 bits per heavy atom. The van der Waals surface area contributed by atoms with Crippen molar-refractivity contribution >= 4 is 0 Å². The van der Waals surface area contributed by atoms with Gasteiger partial charge in [-0.05, 0) is 57.2 Å². The number of aromatic hydroxyl groups is 2. The third kappa shape index (κ3) is 7.10. The molecule has 2 N–H and O–H groups in total. The van der Waals surface area contributed by atoms with Crippen LogP contribution in [0.4, 0.5) is 0 Å². The average molecular weight is 579 g/mol. The smallest absolute Gasteiger partial charge is 0.124 e. The Bertz CT molecular complexity index is 1420. The predicted octanol–water partition coefficient (Wildman–Crippen LogP) is 8.45. The number of nitrogens with zero attached hydrogens (tertiary/aromatic N) is 2. The first kappa shape index (κ1) is 35.1. The summed E-state index contributed by atoms with van der Waals surface area (Å²) < 4.78 is 0. The molecular weight excluding hydrogens is 528 g/mol. The van der Waals surface area contributed by atoms with Gasteiger partial charge >= 0.3 is 0 Å². The summed E-state index contributed by atoms with van der Waals surface area (Å²) in [6, 6.07) is 9.74. The third-order valence-electron chi connectivity index (χ3n) is 8.74. The molecule has 0 aliphatic carbocycles. The second-order valence-corrected chi connectivity index (χ2v) is 11.8. The molecule has 43 heavy (non-hydrogen) atoms. The van der Waals surface area contributed by atoms with Crippen LogP contribution in [0.1, 0.15) is 41.7 Å². The fourth-order valence-electron chi connectivity index (χ4n) is 5.44. The van der Waals surface area contributed by atoms with Crippen LogP contribution in [0.25, 0.3) is 0 Å². The van der Waals surface area contributed by atoms with E-state index in [0.717, 1.165) is 45.5 Å². The lowest BCUT2D eigenvalue weighted by Gasteiger charge is -2.35. The first-order valence-electron chi connectivity index (χ1n) is 14.4. The molecule has 228 valence electrons. The largest absolute Gasteiger partial charge is 0.507 e. The van der Waals surface area contributed by atoms with E-state index in [1.54, 1.807) is 24.3 Å². The SMILES string of the molecule is C=CC(=C)C(C)(C(=C)C=C)c1cccc(CN(CCN(C)C)Cc2cc(C)cc(C(C)(C(=C)C=C)C(=C)C=C)c2O)c1O. The maximum atomic E-state index is 11.7. The van der Waals surface area contributed by atoms with Crippen LogP contribution >= 0.6 is 0 Å². The standard InChI is InChI=1S/C39H50N2O2/c1-14-28(6)38(10,29(7)15-2)34-20-18-19-32(36(34)42)25-41(22-21-40(12)13)26-33-23-27(5)24-35(37(33)43)39(11,30(8)16-3)31(9)17-4/h14-20,23-24,42-43H,1-4,6-9,21-22,25-26H2,5,10-13H3. The van der Waals surface area contributed by atoms with Gasteiger partial charge in [0.1, 0.15) is 11.5 Å². The van der Waals surface area contributed by atoms with Gasteiger partial charge < -0.3 is 15.1 Å². The number of phenolic OH excluding ortho intramolecular Hbond substituents is 2. The molecule has 2 aromatic rings. The predicted molar refractivity (Wildman–Crippen MR) is 186 cm³/mol. The Balaban J connectivity index is 2.67. The number of para-hydroxylation sites is 1. The fraction of sp³-hybridized carbons (Fsp3) is 0.282. The topological polar surface area (TPSA) is 46.9 Å². The third-order valence-corrected chi connectivity index (χ3v) is 8.74. The maximum absolute atomic E-state index is 11.7. The molecule has 0 heterocycles. The highest BCUT2D eigenvalue weighted by molar-refractivity contribution is 5.59. The van der Waals surface area contributed by atoms with E-state index in [1.165, 1.54) is 0 Å². The highest BCUT2D eigenvalue weighted by Gasteiger charge is 2.35. The molecule has 0 aliphatic heterocycles. The van der Waals surface area contributed by atoms with Crippen LogP contribution < -0.4 is 0 Å². The second kappa shape index (κ2) is 14.4. The van der Waals surface area contributed by atoms with Gasteiger partial charge in [-0.15, -0.1) is 0 Å². The Morgan fingerprint density at radius 1 is 0.698 bits per heavy atom.